The molecule has 0 aliphatic rings. The van der Waals surface area contributed by atoms with Crippen LogP contribution in [0.25, 0.3) is 0 Å². The fourth-order valence-electron chi connectivity index (χ4n) is 1.59. The van der Waals surface area contributed by atoms with Crippen LogP contribution in [0.4, 0.5) is 10.1 Å². The first-order valence-corrected chi connectivity index (χ1v) is 6.64. The largest absolute Gasteiger partial charge is 0.366 e. The molecule has 0 heterocycles. The van der Waals surface area contributed by atoms with Crippen molar-refractivity contribution in [2.45, 2.75) is 6.04 Å². The average Bonchev–Trinajstić information content (AvgIpc) is 2.41. The minimum Gasteiger partial charge on any atom is -0.366 e. The van der Waals surface area contributed by atoms with Gasteiger partial charge in [-0.1, -0.05) is 17.7 Å². The molecule has 2 aromatic carbocycles. The molecule has 2 aromatic rings. The molecule has 0 saturated heterocycles. The summed E-state index contributed by atoms with van der Waals surface area (Å²) in [5.74, 6) is -0.393. The molecule has 1 atom stereocenters. The zero-order chi connectivity index (χ0) is 13.8. The van der Waals surface area contributed by atoms with Gasteiger partial charge in [0.2, 0.25) is 0 Å². The molecule has 0 aliphatic carbocycles. The van der Waals surface area contributed by atoms with Crippen molar-refractivity contribution in [2.75, 3.05) is 5.32 Å². The summed E-state index contributed by atoms with van der Waals surface area (Å²) in [6, 6.07) is 13.1. The van der Waals surface area contributed by atoms with E-state index in [9.17, 15) is 9.65 Å². The molecule has 1 N–H and O–H groups in total. The number of rotatable bonds is 3. The van der Waals surface area contributed by atoms with E-state index in [1.807, 2.05) is 0 Å². The second kappa shape index (κ2) is 6.05. The van der Waals surface area contributed by atoms with Crippen LogP contribution in [-0.2, 0) is 0 Å². The van der Waals surface area contributed by atoms with E-state index in [2.05, 4.69) is 27.3 Å². The highest BCUT2D eigenvalue weighted by Crippen LogP contribution is 2.24. The maximum Gasteiger partial charge on any atom is 0.140 e. The number of hydrogen-bond donors (Lipinski definition) is 1. The summed E-state index contributed by atoms with van der Waals surface area (Å²) in [7, 11) is 0. The molecule has 2 nitrogen and oxygen atoms in total. The van der Waals surface area contributed by atoms with Gasteiger partial charge in [0.15, 0.2) is 0 Å². The minimum absolute atomic E-state index is 0.374. The lowest BCUT2D eigenvalue weighted by atomic mass is 10.1. The van der Waals surface area contributed by atoms with Gasteiger partial charge in [-0.05, 0) is 57.9 Å². The summed E-state index contributed by atoms with van der Waals surface area (Å²) < 4.78 is 13.8. The highest BCUT2D eigenvalue weighted by molar-refractivity contribution is 9.10. The molecule has 2 rings (SSSR count). The molecule has 1 unspecified atom stereocenters. The fraction of sp³-hybridized carbons (Fsp3) is 0.0714. The van der Waals surface area contributed by atoms with Gasteiger partial charge >= 0.3 is 0 Å². The van der Waals surface area contributed by atoms with E-state index >= 15 is 0 Å². The van der Waals surface area contributed by atoms with Gasteiger partial charge in [0.05, 0.1) is 10.5 Å². The van der Waals surface area contributed by atoms with Gasteiger partial charge < -0.3 is 5.32 Å². The molecule has 19 heavy (non-hydrogen) atoms. The molecular weight excluding hydrogens is 331 g/mol. The predicted molar refractivity (Wildman–Crippen MR) is 77.5 cm³/mol. The van der Waals surface area contributed by atoms with Crippen LogP contribution in [-0.4, -0.2) is 0 Å². The first-order valence-electron chi connectivity index (χ1n) is 5.47. The van der Waals surface area contributed by atoms with Crippen molar-refractivity contribution in [3.05, 3.63) is 63.3 Å². The van der Waals surface area contributed by atoms with Crippen molar-refractivity contribution < 1.29 is 4.39 Å². The van der Waals surface area contributed by atoms with Crippen molar-refractivity contribution in [3.8, 4) is 6.07 Å². The van der Waals surface area contributed by atoms with E-state index in [0.717, 1.165) is 5.69 Å². The Hall–Kier alpha value is -1.57. The number of nitrogens with zero attached hydrogens (tertiary/aromatic N) is 1. The molecule has 0 bridgehead atoms. The van der Waals surface area contributed by atoms with Gasteiger partial charge in [-0.15, -0.1) is 0 Å². The smallest absolute Gasteiger partial charge is 0.140 e. The van der Waals surface area contributed by atoms with Gasteiger partial charge in [-0.3, -0.25) is 0 Å². The number of benzene rings is 2. The normalized spacial score (nSPS) is 11.7. The lowest BCUT2D eigenvalue weighted by Crippen LogP contribution is -2.08. The summed E-state index contributed by atoms with van der Waals surface area (Å²) in [6.07, 6.45) is 0. The SMILES string of the molecule is N#CC(Nc1ccc(Cl)cc1)c1ccc(Br)c(F)c1. The summed E-state index contributed by atoms with van der Waals surface area (Å²) in [6.45, 7) is 0. The molecular formula is C14H9BrClFN2. The third kappa shape index (κ3) is 3.46. The molecule has 5 heteroatoms. The summed E-state index contributed by atoms with van der Waals surface area (Å²) in [5, 5.41) is 12.8. The van der Waals surface area contributed by atoms with Crippen LogP contribution in [0.15, 0.2) is 46.9 Å². The summed E-state index contributed by atoms with van der Waals surface area (Å²) in [5.41, 5.74) is 1.32. The Morgan fingerprint density at radius 1 is 1.21 bits per heavy atom. The summed E-state index contributed by atoms with van der Waals surface area (Å²) >= 11 is 8.87. The van der Waals surface area contributed by atoms with Gasteiger partial charge in [0.1, 0.15) is 11.9 Å². The Morgan fingerprint density at radius 3 is 2.47 bits per heavy atom. The van der Waals surface area contributed by atoms with Crippen LogP contribution in [0.2, 0.25) is 5.02 Å². The van der Waals surface area contributed by atoms with Crippen molar-refractivity contribution in [1.82, 2.24) is 0 Å². The van der Waals surface area contributed by atoms with Gasteiger partial charge in [-0.2, -0.15) is 5.26 Å². The van der Waals surface area contributed by atoms with Crippen molar-refractivity contribution in [2.24, 2.45) is 0 Å². The van der Waals surface area contributed by atoms with Gasteiger partial charge in [0.25, 0.3) is 0 Å². The standard InChI is InChI=1S/C14H9BrClFN2/c15-12-6-1-9(7-13(12)17)14(8-18)19-11-4-2-10(16)3-5-11/h1-7,14,19H. The van der Waals surface area contributed by atoms with Crippen molar-refractivity contribution in [1.29, 1.82) is 5.26 Å². The van der Waals surface area contributed by atoms with E-state index < -0.39 is 11.9 Å². The number of nitriles is 1. The van der Waals surface area contributed by atoms with Crippen LogP contribution in [0.5, 0.6) is 0 Å². The lowest BCUT2D eigenvalue weighted by molar-refractivity contribution is 0.618. The minimum atomic E-state index is -0.622. The Bertz CT molecular complexity index is 622. The third-order valence-electron chi connectivity index (χ3n) is 2.56. The maximum atomic E-state index is 13.5. The zero-order valence-electron chi connectivity index (χ0n) is 9.70. The number of nitrogens with one attached hydrogen (secondary N) is 1. The highest BCUT2D eigenvalue weighted by Gasteiger charge is 2.12. The third-order valence-corrected chi connectivity index (χ3v) is 3.46. The monoisotopic (exact) mass is 338 g/mol. The molecule has 96 valence electrons. The second-order valence-electron chi connectivity index (χ2n) is 3.89. The Kier molecular flexibility index (Phi) is 4.41. The van der Waals surface area contributed by atoms with E-state index in [0.29, 0.717) is 15.1 Å². The van der Waals surface area contributed by atoms with Crippen LogP contribution in [0.3, 0.4) is 0 Å². The van der Waals surface area contributed by atoms with E-state index in [-0.39, 0.29) is 0 Å². The first-order chi connectivity index (χ1) is 9.10. The van der Waals surface area contributed by atoms with Crippen LogP contribution < -0.4 is 5.32 Å². The van der Waals surface area contributed by atoms with Crippen molar-refractivity contribution >= 4 is 33.2 Å². The molecule has 0 radical (unpaired) electrons. The Morgan fingerprint density at radius 2 is 1.89 bits per heavy atom. The number of anilines is 1. The number of halogens is 3. The molecule has 0 amide bonds. The molecule has 0 saturated carbocycles. The Balaban J connectivity index is 2.23. The molecule has 0 fully saturated rings. The lowest BCUT2D eigenvalue weighted by Gasteiger charge is -2.13. The van der Waals surface area contributed by atoms with E-state index in [4.69, 9.17) is 11.6 Å². The highest BCUT2D eigenvalue weighted by atomic mass is 79.9. The van der Waals surface area contributed by atoms with Crippen LogP contribution in [0, 0.1) is 17.1 Å². The van der Waals surface area contributed by atoms with Crippen LogP contribution in [0.1, 0.15) is 11.6 Å². The average molecular weight is 340 g/mol. The summed E-state index contributed by atoms with van der Waals surface area (Å²) in [4.78, 5) is 0. The number of hydrogen-bond acceptors (Lipinski definition) is 2. The van der Waals surface area contributed by atoms with Crippen molar-refractivity contribution in [3.63, 3.8) is 0 Å². The fourth-order valence-corrected chi connectivity index (χ4v) is 1.97. The van der Waals surface area contributed by atoms with Gasteiger partial charge in [-0.25, -0.2) is 4.39 Å². The van der Waals surface area contributed by atoms with E-state index in [1.54, 1.807) is 36.4 Å². The van der Waals surface area contributed by atoms with E-state index in [1.165, 1.54) is 6.07 Å². The van der Waals surface area contributed by atoms with Gasteiger partial charge in [0, 0.05) is 10.7 Å². The second-order valence-corrected chi connectivity index (χ2v) is 5.18. The molecule has 0 aliphatic heterocycles. The zero-order valence-corrected chi connectivity index (χ0v) is 12.0. The Labute approximate surface area is 123 Å². The maximum absolute atomic E-state index is 13.5. The molecule has 0 spiro atoms. The topological polar surface area (TPSA) is 35.8 Å². The molecule has 0 aromatic heterocycles. The van der Waals surface area contributed by atoms with Crippen LogP contribution >= 0.6 is 27.5 Å². The predicted octanol–water partition coefficient (Wildman–Crippen LogP) is 4.92. The quantitative estimate of drug-likeness (QED) is 0.861. The first kappa shape index (κ1) is 13.9.